The molecule has 25 heavy (non-hydrogen) atoms. The summed E-state index contributed by atoms with van der Waals surface area (Å²) in [6.07, 6.45) is 0. The molecule has 0 aliphatic carbocycles. The molecule has 0 amide bonds. The molecule has 2 rings (SSSR count). The Kier molecular flexibility index (Phi) is 9.65. The van der Waals surface area contributed by atoms with Gasteiger partial charge in [0.1, 0.15) is 5.60 Å². The number of piperazine rings is 1. The molecule has 0 aromatic carbocycles. The predicted molar refractivity (Wildman–Crippen MR) is 117 cm³/mol. The second-order valence-electron chi connectivity index (χ2n) is 6.76. The van der Waals surface area contributed by atoms with Crippen LogP contribution in [-0.2, 0) is 5.60 Å². The van der Waals surface area contributed by atoms with Crippen LogP contribution in [0.3, 0.4) is 0 Å². The van der Waals surface area contributed by atoms with Crippen LogP contribution in [0.15, 0.2) is 21.8 Å². The molecule has 2 heterocycles. The number of likely N-dealkylation sites (N-methyl/N-ethyl adjacent to an activating group) is 2. The van der Waals surface area contributed by atoms with Gasteiger partial charge in [0, 0.05) is 38.8 Å². The summed E-state index contributed by atoms with van der Waals surface area (Å²) in [7, 11) is 4.34. The van der Waals surface area contributed by atoms with Gasteiger partial charge >= 0.3 is 0 Å². The maximum atomic E-state index is 10.6. The van der Waals surface area contributed by atoms with Gasteiger partial charge in [-0.3, -0.25) is 4.90 Å². The minimum Gasteiger partial charge on any atom is -0.383 e. The van der Waals surface area contributed by atoms with E-state index in [0.29, 0.717) is 12.6 Å². The zero-order valence-electron chi connectivity index (χ0n) is 15.7. The van der Waals surface area contributed by atoms with Crippen molar-refractivity contribution in [1.82, 2.24) is 20.4 Å². The van der Waals surface area contributed by atoms with E-state index in [9.17, 15) is 5.11 Å². The first-order chi connectivity index (χ1) is 11.4. The van der Waals surface area contributed by atoms with Crippen LogP contribution in [0.25, 0.3) is 0 Å². The molecule has 8 heteroatoms. The minimum atomic E-state index is -0.940. The van der Waals surface area contributed by atoms with Gasteiger partial charge in [-0.15, -0.1) is 24.0 Å². The highest BCUT2D eigenvalue weighted by Gasteiger charge is 2.24. The van der Waals surface area contributed by atoms with Crippen molar-refractivity contribution >= 4 is 41.3 Å². The highest BCUT2D eigenvalue weighted by atomic mass is 127. The maximum absolute atomic E-state index is 10.6. The molecule has 2 atom stereocenters. The SMILES string of the molecule is CCNC(=NCC(C)(O)c1ccsc1)NCC1CN(C)CCN1C.I. The summed E-state index contributed by atoms with van der Waals surface area (Å²) in [6, 6.07) is 2.41. The van der Waals surface area contributed by atoms with Crippen LogP contribution < -0.4 is 10.6 Å². The Bertz CT molecular complexity index is 523. The zero-order chi connectivity index (χ0) is 17.6. The summed E-state index contributed by atoms with van der Waals surface area (Å²) in [6.45, 7) is 9.09. The number of nitrogens with one attached hydrogen (secondary N) is 2. The smallest absolute Gasteiger partial charge is 0.191 e. The molecule has 1 fully saturated rings. The summed E-state index contributed by atoms with van der Waals surface area (Å²) in [5.74, 6) is 0.759. The average molecular weight is 481 g/mol. The van der Waals surface area contributed by atoms with Gasteiger partial charge in [0.25, 0.3) is 0 Å². The first-order valence-corrected chi connectivity index (χ1v) is 9.52. The number of hydrogen-bond acceptors (Lipinski definition) is 5. The third-order valence-corrected chi connectivity index (χ3v) is 5.20. The van der Waals surface area contributed by atoms with Gasteiger partial charge in [-0.05, 0) is 50.3 Å². The lowest BCUT2D eigenvalue weighted by Crippen LogP contribution is -2.55. The number of hydrogen-bond donors (Lipinski definition) is 3. The molecule has 1 aliphatic heterocycles. The number of halogens is 1. The van der Waals surface area contributed by atoms with Gasteiger partial charge in [0.15, 0.2) is 5.96 Å². The lowest BCUT2D eigenvalue weighted by Gasteiger charge is -2.38. The third-order valence-electron chi connectivity index (χ3n) is 4.52. The van der Waals surface area contributed by atoms with E-state index >= 15 is 0 Å². The number of aliphatic hydroxyl groups is 1. The molecule has 1 aromatic heterocycles. The average Bonchev–Trinajstić information content (AvgIpc) is 3.08. The Hall–Kier alpha value is -0.420. The molecule has 0 bridgehead atoms. The van der Waals surface area contributed by atoms with Crippen molar-refractivity contribution in [3.8, 4) is 0 Å². The van der Waals surface area contributed by atoms with Gasteiger partial charge in [0.05, 0.1) is 6.54 Å². The Labute approximate surface area is 172 Å². The molecule has 6 nitrogen and oxygen atoms in total. The second kappa shape index (κ2) is 10.7. The van der Waals surface area contributed by atoms with Crippen LogP contribution in [0.4, 0.5) is 0 Å². The lowest BCUT2D eigenvalue weighted by atomic mass is 10.00. The summed E-state index contributed by atoms with van der Waals surface area (Å²) in [4.78, 5) is 9.33. The van der Waals surface area contributed by atoms with Crippen molar-refractivity contribution in [2.45, 2.75) is 25.5 Å². The van der Waals surface area contributed by atoms with Crippen molar-refractivity contribution in [3.63, 3.8) is 0 Å². The molecule has 0 saturated carbocycles. The van der Waals surface area contributed by atoms with E-state index in [4.69, 9.17) is 0 Å². The molecule has 1 aromatic rings. The van der Waals surface area contributed by atoms with Crippen molar-refractivity contribution in [2.24, 2.45) is 4.99 Å². The fourth-order valence-corrected chi connectivity index (χ4v) is 3.56. The monoisotopic (exact) mass is 481 g/mol. The first kappa shape index (κ1) is 22.6. The largest absolute Gasteiger partial charge is 0.383 e. The predicted octanol–water partition coefficient (Wildman–Crippen LogP) is 1.37. The third kappa shape index (κ3) is 7.01. The number of rotatable bonds is 6. The highest BCUT2D eigenvalue weighted by molar-refractivity contribution is 14.0. The normalized spacial score (nSPS) is 22.1. The van der Waals surface area contributed by atoms with Gasteiger partial charge < -0.3 is 20.6 Å². The Morgan fingerprint density at radius 1 is 1.40 bits per heavy atom. The summed E-state index contributed by atoms with van der Waals surface area (Å²) in [5.41, 5.74) is -0.0229. The van der Waals surface area contributed by atoms with Crippen LogP contribution in [0.2, 0.25) is 0 Å². The van der Waals surface area contributed by atoms with Crippen LogP contribution in [0.1, 0.15) is 19.4 Å². The topological polar surface area (TPSA) is 63.1 Å². The highest BCUT2D eigenvalue weighted by Crippen LogP contribution is 2.23. The summed E-state index contributed by atoms with van der Waals surface area (Å²) >= 11 is 1.59. The van der Waals surface area contributed by atoms with Crippen LogP contribution in [-0.4, -0.2) is 80.3 Å². The van der Waals surface area contributed by atoms with Crippen molar-refractivity contribution in [2.75, 3.05) is 53.4 Å². The second-order valence-corrected chi connectivity index (χ2v) is 7.54. The summed E-state index contributed by atoms with van der Waals surface area (Å²) < 4.78 is 0. The molecule has 0 radical (unpaired) electrons. The van der Waals surface area contributed by atoms with Crippen LogP contribution in [0, 0.1) is 0 Å². The minimum absolute atomic E-state index is 0. The molecule has 0 spiro atoms. The molecule has 1 aliphatic rings. The van der Waals surface area contributed by atoms with Gasteiger partial charge in [-0.2, -0.15) is 11.3 Å². The Morgan fingerprint density at radius 2 is 2.16 bits per heavy atom. The first-order valence-electron chi connectivity index (χ1n) is 8.58. The Morgan fingerprint density at radius 3 is 2.80 bits per heavy atom. The lowest BCUT2D eigenvalue weighted by molar-refractivity contribution is 0.0676. The van der Waals surface area contributed by atoms with Gasteiger partial charge in [-0.1, -0.05) is 0 Å². The van der Waals surface area contributed by atoms with E-state index in [1.807, 2.05) is 23.8 Å². The van der Waals surface area contributed by atoms with Crippen LogP contribution in [0.5, 0.6) is 0 Å². The molecule has 3 N–H and O–H groups in total. The van der Waals surface area contributed by atoms with E-state index in [-0.39, 0.29) is 24.0 Å². The standard InChI is InChI=1S/C17H31N5OS.HI/c1-5-18-16(19-10-15-11-21(3)7-8-22(15)4)20-13-17(2,23)14-6-9-24-12-14;/h6,9,12,15,23H,5,7-8,10-11,13H2,1-4H3,(H2,18,19,20);1H. The molecule has 144 valence electrons. The number of guanidine groups is 1. The molecular weight excluding hydrogens is 449 g/mol. The maximum Gasteiger partial charge on any atom is 0.191 e. The number of thiophene rings is 1. The molecular formula is C17H32IN5OS. The number of nitrogens with zero attached hydrogens (tertiary/aromatic N) is 3. The van der Waals surface area contributed by atoms with Gasteiger partial charge in [0.2, 0.25) is 0 Å². The molecule has 2 unspecified atom stereocenters. The number of aliphatic imine (C=N–C) groups is 1. The molecule has 1 saturated heterocycles. The van der Waals surface area contributed by atoms with Crippen LogP contribution >= 0.6 is 35.3 Å². The van der Waals surface area contributed by atoms with Crippen molar-refractivity contribution < 1.29 is 5.11 Å². The van der Waals surface area contributed by atoms with E-state index in [0.717, 1.165) is 44.2 Å². The Balaban J connectivity index is 0.00000312. The van der Waals surface area contributed by atoms with Crippen molar-refractivity contribution in [1.29, 1.82) is 0 Å². The van der Waals surface area contributed by atoms with E-state index in [1.165, 1.54) is 0 Å². The van der Waals surface area contributed by atoms with E-state index in [2.05, 4.69) is 46.4 Å². The quantitative estimate of drug-likeness (QED) is 0.326. The van der Waals surface area contributed by atoms with E-state index < -0.39 is 5.60 Å². The fourth-order valence-electron chi connectivity index (χ4n) is 2.77. The fraction of sp³-hybridized carbons (Fsp3) is 0.706. The van der Waals surface area contributed by atoms with Crippen molar-refractivity contribution in [3.05, 3.63) is 22.4 Å². The van der Waals surface area contributed by atoms with E-state index in [1.54, 1.807) is 11.3 Å². The zero-order valence-corrected chi connectivity index (χ0v) is 18.8. The van der Waals surface area contributed by atoms with Gasteiger partial charge in [-0.25, -0.2) is 4.99 Å². The summed E-state index contributed by atoms with van der Waals surface area (Å²) in [5, 5.41) is 21.3.